The van der Waals surface area contributed by atoms with Gasteiger partial charge in [-0.3, -0.25) is 9.48 Å². The number of hydrogen-bond donors (Lipinski definition) is 1. The summed E-state index contributed by atoms with van der Waals surface area (Å²) in [4.78, 5) is 12.1. The Balaban J connectivity index is 2.05. The van der Waals surface area contributed by atoms with Gasteiger partial charge in [-0.2, -0.15) is 5.10 Å². The number of carbonyl (C=O) groups excluding carboxylic acids is 1. The van der Waals surface area contributed by atoms with Crippen LogP contribution in [-0.2, 0) is 11.3 Å². The molecule has 0 aliphatic carbocycles. The van der Waals surface area contributed by atoms with Crippen LogP contribution in [0.5, 0.6) is 0 Å². The number of benzene rings is 1. The molecule has 0 aliphatic rings. The molecule has 0 aliphatic heterocycles. The van der Waals surface area contributed by atoms with Gasteiger partial charge in [0.25, 0.3) is 0 Å². The lowest BCUT2D eigenvalue weighted by Crippen LogP contribution is -2.24. The van der Waals surface area contributed by atoms with Crippen molar-refractivity contribution in [2.24, 2.45) is 0 Å². The van der Waals surface area contributed by atoms with Crippen molar-refractivity contribution >= 4 is 23.6 Å². The number of aromatic nitrogens is 2. The van der Waals surface area contributed by atoms with Gasteiger partial charge in [0.2, 0.25) is 5.91 Å². The van der Waals surface area contributed by atoms with Crippen LogP contribution >= 0.6 is 11.6 Å². The lowest BCUT2D eigenvalue weighted by Gasteiger charge is -2.13. The van der Waals surface area contributed by atoms with Crippen molar-refractivity contribution in [2.75, 3.05) is 0 Å². The van der Waals surface area contributed by atoms with Crippen molar-refractivity contribution in [3.05, 3.63) is 57.9 Å². The van der Waals surface area contributed by atoms with E-state index >= 15 is 0 Å². The predicted octanol–water partition coefficient (Wildman–Crippen LogP) is 4.81. The van der Waals surface area contributed by atoms with Gasteiger partial charge in [0.1, 0.15) is 5.15 Å². The summed E-state index contributed by atoms with van der Waals surface area (Å²) in [7, 11) is 0. The van der Waals surface area contributed by atoms with Crippen LogP contribution in [-0.4, -0.2) is 15.7 Å². The molecule has 1 aromatic heterocycles. The summed E-state index contributed by atoms with van der Waals surface area (Å²) >= 11 is 6.32. The first-order valence-electron chi connectivity index (χ1n) is 8.50. The van der Waals surface area contributed by atoms with Crippen LogP contribution in [0, 0.1) is 18.6 Å². The molecule has 0 radical (unpaired) electrons. The van der Waals surface area contributed by atoms with E-state index in [9.17, 15) is 13.6 Å². The largest absolute Gasteiger partial charge is 0.346 e. The van der Waals surface area contributed by atoms with Crippen molar-refractivity contribution in [3.8, 4) is 0 Å². The van der Waals surface area contributed by atoms with E-state index < -0.39 is 17.7 Å². The topological polar surface area (TPSA) is 46.9 Å². The molecular weight excluding hydrogens is 360 g/mol. The van der Waals surface area contributed by atoms with E-state index in [4.69, 9.17) is 11.6 Å². The van der Waals surface area contributed by atoms with Gasteiger partial charge in [0.15, 0.2) is 11.6 Å². The van der Waals surface area contributed by atoms with Crippen LogP contribution in [0.25, 0.3) is 6.08 Å². The maximum atomic E-state index is 13.3. The van der Waals surface area contributed by atoms with E-state index in [1.54, 1.807) is 17.7 Å². The van der Waals surface area contributed by atoms with Gasteiger partial charge < -0.3 is 5.32 Å². The van der Waals surface area contributed by atoms with Gasteiger partial charge in [-0.05, 0) is 44.0 Å². The third-order valence-electron chi connectivity index (χ3n) is 4.04. The first-order valence-corrected chi connectivity index (χ1v) is 8.87. The quantitative estimate of drug-likeness (QED) is 0.699. The van der Waals surface area contributed by atoms with Crippen LogP contribution in [0.4, 0.5) is 8.78 Å². The fraction of sp³-hybridized carbons (Fsp3) is 0.368. The Kier molecular flexibility index (Phi) is 6.91. The van der Waals surface area contributed by atoms with Gasteiger partial charge in [0, 0.05) is 18.2 Å². The molecule has 140 valence electrons. The first-order chi connectivity index (χ1) is 12.3. The summed E-state index contributed by atoms with van der Waals surface area (Å²) in [6.07, 6.45) is 4.97. The SMILES string of the molecule is CCCCn1nc(C)c(/C=C/C(=O)N[C@@H](C)c2ccc(F)c(F)c2)c1Cl. The summed E-state index contributed by atoms with van der Waals surface area (Å²) in [6, 6.07) is 3.08. The smallest absolute Gasteiger partial charge is 0.244 e. The highest BCUT2D eigenvalue weighted by Crippen LogP contribution is 2.22. The normalized spacial score (nSPS) is 12.5. The second kappa shape index (κ2) is 8.94. The molecule has 26 heavy (non-hydrogen) atoms. The Hall–Kier alpha value is -2.21. The van der Waals surface area contributed by atoms with Crippen LogP contribution in [0.1, 0.15) is 49.6 Å². The molecule has 0 bridgehead atoms. The monoisotopic (exact) mass is 381 g/mol. The Morgan fingerprint density at radius 1 is 1.38 bits per heavy atom. The average Bonchev–Trinajstić information content (AvgIpc) is 2.87. The number of halogens is 3. The molecule has 0 saturated carbocycles. The van der Waals surface area contributed by atoms with E-state index in [2.05, 4.69) is 17.3 Å². The third-order valence-corrected chi connectivity index (χ3v) is 4.44. The number of nitrogens with one attached hydrogen (secondary N) is 1. The van der Waals surface area contributed by atoms with Crippen molar-refractivity contribution in [3.63, 3.8) is 0 Å². The number of amides is 1. The molecule has 1 N–H and O–H groups in total. The maximum Gasteiger partial charge on any atom is 0.244 e. The Morgan fingerprint density at radius 3 is 2.77 bits per heavy atom. The van der Waals surface area contributed by atoms with Gasteiger partial charge in [-0.25, -0.2) is 8.78 Å². The lowest BCUT2D eigenvalue weighted by atomic mass is 10.1. The highest BCUT2D eigenvalue weighted by Gasteiger charge is 2.13. The minimum absolute atomic E-state index is 0.362. The second-order valence-electron chi connectivity index (χ2n) is 6.10. The zero-order chi connectivity index (χ0) is 19.3. The number of rotatable bonds is 7. The lowest BCUT2D eigenvalue weighted by molar-refractivity contribution is -0.117. The van der Waals surface area contributed by atoms with Crippen LogP contribution < -0.4 is 5.32 Å². The van der Waals surface area contributed by atoms with Crippen molar-refractivity contribution in [1.82, 2.24) is 15.1 Å². The molecule has 0 fully saturated rings. The van der Waals surface area contributed by atoms with E-state index in [1.807, 2.05) is 6.92 Å². The van der Waals surface area contributed by atoms with Gasteiger partial charge in [-0.1, -0.05) is 31.0 Å². The molecule has 0 unspecified atom stereocenters. The van der Waals surface area contributed by atoms with Crippen LogP contribution in [0.15, 0.2) is 24.3 Å². The molecule has 0 spiro atoms. The minimum atomic E-state index is -0.943. The Morgan fingerprint density at radius 2 is 2.12 bits per heavy atom. The Labute approximate surface area is 156 Å². The number of aryl methyl sites for hydroxylation is 2. The van der Waals surface area contributed by atoms with Crippen molar-refractivity contribution < 1.29 is 13.6 Å². The maximum absolute atomic E-state index is 13.3. The molecule has 1 atom stereocenters. The molecule has 7 heteroatoms. The zero-order valence-electron chi connectivity index (χ0n) is 15.0. The van der Waals surface area contributed by atoms with E-state index in [1.165, 1.54) is 12.1 Å². The molecular formula is C19H22ClF2N3O. The summed E-state index contributed by atoms with van der Waals surface area (Å²) in [5.41, 5.74) is 1.91. The molecule has 2 aromatic rings. The predicted molar refractivity (Wildman–Crippen MR) is 98.8 cm³/mol. The van der Waals surface area contributed by atoms with Gasteiger partial charge in [-0.15, -0.1) is 0 Å². The highest BCUT2D eigenvalue weighted by atomic mass is 35.5. The molecule has 1 aromatic carbocycles. The van der Waals surface area contributed by atoms with Crippen LogP contribution in [0.3, 0.4) is 0 Å². The minimum Gasteiger partial charge on any atom is -0.346 e. The number of nitrogens with zero attached hydrogens (tertiary/aromatic N) is 2. The summed E-state index contributed by atoms with van der Waals surface area (Å²) in [5.74, 6) is -2.22. The molecule has 4 nitrogen and oxygen atoms in total. The first kappa shape index (κ1) is 20.1. The highest BCUT2D eigenvalue weighted by molar-refractivity contribution is 6.31. The summed E-state index contributed by atoms with van der Waals surface area (Å²) < 4.78 is 28.0. The van der Waals surface area contributed by atoms with E-state index in [0.29, 0.717) is 16.3 Å². The molecule has 2 rings (SSSR count). The fourth-order valence-corrected chi connectivity index (χ4v) is 2.82. The van der Waals surface area contributed by atoms with Gasteiger partial charge >= 0.3 is 0 Å². The van der Waals surface area contributed by atoms with Gasteiger partial charge in [0.05, 0.1) is 11.7 Å². The molecule has 1 amide bonds. The van der Waals surface area contributed by atoms with Crippen molar-refractivity contribution in [1.29, 1.82) is 0 Å². The second-order valence-corrected chi connectivity index (χ2v) is 6.46. The molecule has 0 saturated heterocycles. The number of unbranched alkanes of at least 4 members (excludes halogenated alkanes) is 1. The Bertz CT molecular complexity index is 817. The standard InChI is InChI=1S/C19H22ClF2N3O/c1-4-5-10-25-19(20)15(13(3)24-25)7-9-18(26)23-12(2)14-6-8-16(21)17(22)11-14/h6-9,11-12H,4-5,10H2,1-3H3,(H,23,26)/b9-7+/t12-/m0/s1. The number of hydrogen-bond acceptors (Lipinski definition) is 2. The van der Waals surface area contributed by atoms with Crippen LogP contribution in [0.2, 0.25) is 5.15 Å². The molecule has 1 heterocycles. The van der Waals surface area contributed by atoms with Crippen molar-refractivity contribution in [2.45, 2.75) is 46.2 Å². The fourth-order valence-electron chi connectivity index (χ4n) is 2.50. The average molecular weight is 382 g/mol. The summed E-state index contributed by atoms with van der Waals surface area (Å²) in [5, 5.41) is 7.58. The van der Waals surface area contributed by atoms with E-state index in [-0.39, 0.29) is 5.91 Å². The third kappa shape index (κ3) is 4.91. The summed E-state index contributed by atoms with van der Waals surface area (Å²) in [6.45, 7) is 6.34. The van der Waals surface area contributed by atoms with E-state index in [0.717, 1.165) is 37.2 Å². The number of carbonyl (C=O) groups is 1. The zero-order valence-corrected chi connectivity index (χ0v) is 15.8.